The molecule has 0 amide bonds. The molecule has 0 unspecified atom stereocenters. The van der Waals surface area contributed by atoms with Crippen molar-refractivity contribution in [1.82, 2.24) is 9.97 Å². The third-order valence-corrected chi connectivity index (χ3v) is 6.13. The van der Waals surface area contributed by atoms with Crippen LogP contribution in [0, 0.1) is 0 Å². The molecule has 0 saturated carbocycles. The third kappa shape index (κ3) is 4.26. The molecule has 1 aromatic heterocycles. The van der Waals surface area contributed by atoms with Gasteiger partial charge >= 0.3 is 7.12 Å². The fourth-order valence-electron chi connectivity index (χ4n) is 3.59. The van der Waals surface area contributed by atoms with Crippen LogP contribution >= 0.6 is 0 Å². The van der Waals surface area contributed by atoms with Crippen molar-refractivity contribution >= 4 is 18.5 Å². The molecule has 0 bridgehead atoms. The van der Waals surface area contributed by atoms with E-state index in [-0.39, 0.29) is 0 Å². The number of hydrogen-bond acceptors (Lipinski definition) is 6. The number of benzene rings is 1. The van der Waals surface area contributed by atoms with E-state index in [2.05, 4.69) is 9.88 Å². The minimum atomic E-state index is -0.554. The Morgan fingerprint density at radius 2 is 1.66 bits per heavy atom. The first-order valence-corrected chi connectivity index (χ1v) is 10.5. The molecule has 0 atom stereocenters. The van der Waals surface area contributed by atoms with Crippen LogP contribution in [0.5, 0.6) is 5.88 Å². The second kappa shape index (κ2) is 7.96. The van der Waals surface area contributed by atoms with E-state index in [1.807, 2.05) is 58.0 Å². The summed E-state index contributed by atoms with van der Waals surface area (Å²) in [6.07, 6.45) is 5.41. The van der Waals surface area contributed by atoms with Gasteiger partial charge in [-0.25, -0.2) is 4.98 Å². The lowest BCUT2D eigenvalue weighted by molar-refractivity contribution is 0.00578. The third-order valence-electron chi connectivity index (χ3n) is 6.13. The van der Waals surface area contributed by atoms with Gasteiger partial charge in [0.15, 0.2) is 0 Å². The molecular formula is C22H30BN3O3. The van der Waals surface area contributed by atoms with Gasteiger partial charge in [-0.15, -0.1) is 0 Å². The minimum absolute atomic E-state index is 0.431. The maximum absolute atomic E-state index is 6.23. The Bertz CT molecular complexity index is 822. The molecule has 0 aliphatic carbocycles. The Hall–Kier alpha value is -2.12. The van der Waals surface area contributed by atoms with Gasteiger partial charge in [0.05, 0.1) is 16.7 Å². The second-order valence-electron chi connectivity index (χ2n) is 8.84. The van der Waals surface area contributed by atoms with Gasteiger partial charge in [0.1, 0.15) is 6.61 Å². The summed E-state index contributed by atoms with van der Waals surface area (Å²) in [5.41, 5.74) is 0.964. The number of aromatic nitrogens is 2. The van der Waals surface area contributed by atoms with Gasteiger partial charge in [-0.1, -0.05) is 30.3 Å². The predicted molar refractivity (Wildman–Crippen MR) is 115 cm³/mol. The molecule has 6 nitrogen and oxygen atoms in total. The SMILES string of the molecule is CC1(C)OB(c2cnc(N3CCCCC3)nc2OCc2ccccc2)OC1(C)C. The molecule has 2 aliphatic heterocycles. The molecule has 7 heteroatoms. The minimum Gasteiger partial charge on any atom is -0.473 e. The van der Waals surface area contributed by atoms with Crippen LogP contribution in [-0.2, 0) is 15.9 Å². The Labute approximate surface area is 173 Å². The molecule has 29 heavy (non-hydrogen) atoms. The first-order chi connectivity index (χ1) is 13.9. The van der Waals surface area contributed by atoms with E-state index >= 15 is 0 Å². The van der Waals surface area contributed by atoms with E-state index in [4.69, 9.17) is 19.0 Å². The molecule has 0 spiro atoms. The molecule has 3 heterocycles. The van der Waals surface area contributed by atoms with Crippen LogP contribution < -0.4 is 15.1 Å². The summed E-state index contributed by atoms with van der Waals surface area (Å²) in [5, 5.41) is 0. The van der Waals surface area contributed by atoms with Crippen molar-refractivity contribution in [2.45, 2.75) is 64.8 Å². The van der Waals surface area contributed by atoms with Crippen molar-refractivity contribution in [1.29, 1.82) is 0 Å². The highest BCUT2D eigenvalue weighted by atomic mass is 16.7. The Morgan fingerprint density at radius 1 is 1.00 bits per heavy atom. The molecule has 0 N–H and O–H groups in total. The van der Waals surface area contributed by atoms with Crippen LogP contribution in [0.15, 0.2) is 36.5 Å². The Morgan fingerprint density at radius 3 is 2.31 bits per heavy atom. The van der Waals surface area contributed by atoms with Gasteiger partial charge in [-0.3, -0.25) is 0 Å². The molecule has 4 rings (SSSR count). The molecule has 2 aliphatic rings. The lowest BCUT2D eigenvalue weighted by Gasteiger charge is -2.32. The van der Waals surface area contributed by atoms with Gasteiger partial charge < -0.3 is 18.9 Å². The number of piperidine rings is 1. The fraction of sp³-hybridized carbons (Fsp3) is 0.545. The highest BCUT2D eigenvalue weighted by Gasteiger charge is 2.53. The lowest BCUT2D eigenvalue weighted by atomic mass is 9.80. The maximum Gasteiger partial charge on any atom is 0.502 e. The molecular weight excluding hydrogens is 365 g/mol. The topological polar surface area (TPSA) is 56.7 Å². The van der Waals surface area contributed by atoms with Crippen molar-refractivity contribution in [3.63, 3.8) is 0 Å². The molecule has 2 fully saturated rings. The summed E-state index contributed by atoms with van der Waals surface area (Å²) in [7, 11) is -0.554. The fourth-order valence-corrected chi connectivity index (χ4v) is 3.59. The van der Waals surface area contributed by atoms with Gasteiger partial charge in [0.2, 0.25) is 11.8 Å². The quantitative estimate of drug-likeness (QED) is 0.724. The molecule has 2 saturated heterocycles. The zero-order valence-corrected chi connectivity index (χ0v) is 17.9. The van der Waals surface area contributed by atoms with Gasteiger partial charge in [0.25, 0.3) is 0 Å². The average molecular weight is 395 g/mol. The summed E-state index contributed by atoms with van der Waals surface area (Å²) in [5.74, 6) is 1.25. The van der Waals surface area contributed by atoms with Crippen LogP contribution in [0.25, 0.3) is 0 Å². The van der Waals surface area contributed by atoms with Crippen LogP contribution in [0.2, 0.25) is 0 Å². The Balaban J connectivity index is 1.62. The zero-order valence-electron chi connectivity index (χ0n) is 17.9. The summed E-state index contributed by atoms with van der Waals surface area (Å²) < 4.78 is 18.6. The summed E-state index contributed by atoms with van der Waals surface area (Å²) in [6, 6.07) is 10.1. The van der Waals surface area contributed by atoms with Crippen molar-refractivity contribution in [3.05, 3.63) is 42.1 Å². The monoisotopic (exact) mass is 395 g/mol. The highest BCUT2D eigenvalue weighted by Crippen LogP contribution is 2.37. The van der Waals surface area contributed by atoms with Crippen molar-refractivity contribution in [2.75, 3.05) is 18.0 Å². The van der Waals surface area contributed by atoms with Gasteiger partial charge in [-0.2, -0.15) is 4.98 Å². The summed E-state index contributed by atoms with van der Waals surface area (Å²) in [6.45, 7) is 10.6. The van der Waals surface area contributed by atoms with Gasteiger partial charge in [-0.05, 0) is 52.5 Å². The molecule has 0 radical (unpaired) electrons. The second-order valence-corrected chi connectivity index (χ2v) is 8.84. The molecule has 154 valence electrons. The number of nitrogens with zero attached hydrogens (tertiary/aromatic N) is 3. The molecule has 2 aromatic rings. The number of anilines is 1. The number of ether oxygens (including phenoxy) is 1. The summed E-state index contributed by atoms with van der Waals surface area (Å²) in [4.78, 5) is 11.6. The zero-order chi connectivity index (χ0) is 20.5. The van der Waals surface area contributed by atoms with Gasteiger partial charge in [0, 0.05) is 19.3 Å². The lowest BCUT2D eigenvalue weighted by Crippen LogP contribution is -2.41. The van der Waals surface area contributed by atoms with E-state index < -0.39 is 18.3 Å². The smallest absolute Gasteiger partial charge is 0.473 e. The highest BCUT2D eigenvalue weighted by molar-refractivity contribution is 6.63. The van der Waals surface area contributed by atoms with Crippen LogP contribution in [-0.4, -0.2) is 41.4 Å². The molecule has 1 aromatic carbocycles. The number of hydrogen-bond donors (Lipinski definition) is 0. The van der Waals surface area contributed by atoms with Crippen molar-refractivity contribution in [2.24, 2.45) is 0 Å². The Kier molecular flexibility index (Phi) is 5.53. The van der Waals surface area contributed by atoms with Crippen LogP contribution in [0.1, 0.15) is 52.5 Å². The maximum atomic E-state index is 6.23. The van der Waals surface area contributed by atoms with Crippen molar-refractivity contribution in [3.8, 4) is 5.88 Å². The van der Waals surface area contributed by atoms with Crippen molar-refractivity contribution < 1.29 is 14.0 Å². The number of rotatable bonds is 5. The predicted octanol–water partition coefficient (Wildman–Crippen LogP) is 3.35. The van der Waals surface area contributed by atoms with Crippen LogP contribution in [0.3, 0.4) is 0 Å². The van der Waals surface area contributed by atoms with Crippen LogP contribution in [0.4, 0.5) is 5.95 Å². The standard InChI is InChI=1S/C22H30BN3O3/c1-21(2)22(3,4)29-23(28-21)18-15-24-20(26-13-9-6-10-14-26)25-19(18)27-16-17-11-7-5-8-12-17/h5,7-8,11-12,15H,6,9-10,13-14,16H2,1-4H3. The first kappa shape index (κ1) is 20.2. The van der Waals surface area contributed by atoms with E-state index in [1.165, 1.54) is 19.3 Å². The van der Waals surface area contributed by atoms with E-state index in [0.717, 1.165) is 24.1 Å². The van der Waals surface area contributed by atoms with E-state index in [9.17, 15) is 0 Å². The first-order valence-electron chi connectivity index (χ1n) is 10.5. The largest absolute Gasteiger partial charge is 0.502 e. The van der Waals surface area contributed by atoms with E-state index in [1.54, 1.807) is 6.20 Å². The average Bonchev–Trinajstić information content (AvgIpc) is 2.94. The normalized spacial score (nSPS) is 20.7. The summed E-state index contributed by atoms with van der Waals surface area (Å²) >= 11 is 0. The van der Waals surface area contributed by atoms with E-state index in [0.29, 0.717) is 18.4 Å².